The monoisotopic (exact) mass is 604 g/mol. The second-order valence-electron chi connectivity index (χ2n) is 11.6. The van der Waals surface area contributed by atoms with Crippen LogP contribution in [-0.4, -0.2) is 66.8 Å². The number of amides is 3. The van der Waals surface area contributed by atoms with Crippen LogP contribution in [0.2, 0.25) is 0 Å². The van der Waals surface area contributed by atoms with Crippen molar-refractivity contribution < 1.29 is 33.4 Å². The first kappa shape index (κ1) is 32.2. The number of H-pyrrole nitrogens is 1. The van der Waals surface area contributed by atoms with Crippen LogP contribution in [0.1, 0.15) is 65.1 Å². The molecule has 3 amide bonds. The first-order valence-corrected chi connectivity index (χ1v) is 14.8. The average molecular weight is 605 g/mol. The third kappa shape index (κ3) is 7.64. The molecule has 3 atom stereocenters. The lowest BCUT2D eigenvalue weighted by atomic mass is 9.95. The molecule has 1 saturated heterocycles. The first-order chi connectivity index (χ1) is 21.0. The van der Waals surface area contributed by atoms with Crippen LogP contribution in [0.4, 0.5) is 0 Å². The molecule has 0 spiro atoms. The smallest absolute Gasteiger partial charge is 0.339 e. The number of esters is 1. The fraction of sp³-hybridized carbons (Fsp3) is 0.424. The topological polar surface area (TPSA) is 156 Å². The number of ether oxygens (including phenoxy) is 2. The summed E-state index contributed by atoms with van der Waals surface area (Å²) >= 11 is 0. The lowest BCUT2D eigenvalue weighted by molar-refractivity contribution is -0.131. The zero-order chi connectivity index (χ0) is 32.0. The van der Waals surface area contributed by atoms with E-state index in [9.17, 15) is 24.0 Å². The Morgan fingerprint density at radius 3 is 2.34 bits per heavy atom. The van der Waals surface area contributed by atoms with Crippen LogP contribution < -0.4 is 20.7 Å². The van der Waals surface area contributed by atoms with E-state index in [0.29, 0.717) is 36.2 Å². The van der Waals surface area contributed by atoms with Crippen LogP contribution in [0.25, 0.3) is 10.9 Å². The SMILES string of the molecule is COc1cccc2[nH]c(C(=O)NC(CC(C)C)C(=O)NC(CC3CCNC3=O)C(=O)COC(=O)c3c(C)cccc3C)cc12. The van der Waals surface area contributed by atoms with Crippen molar-refractivity contribution in [3.63, 3.8) is 0 Å². The molecule has 4 N–H and O–H groups in total. The molecule has 11 nitrogen and oxygen atoms in total. The van der Waals surface area contributed by atoms with Crippen LogP contribution in [0.3, 0.4) is 0 Å². The second-order valence-corrected chi connectivity index (χ2v) is 11.6. The van der Waals surface area contributed by atoms with Crippen molar-refractivity contribution in [2.75, 3.05) is 20.3 Å². The van der Waals surface area contributed by atoms with Crippen molar-refractivity contribution >= 4 is 40.4 Å². The number of nitrogens with one attached hydrogen (secondary N) is 4. The number of aryl methyl sites for hydroxylation is 2. The van der Waals surface area contributed by atoms with Gasteiger partial charge in [-0.2, -0.15) is 0 Å². The Bertz CT molecular complexity index is 1540. The third-order valence-electron chi connectivity index (χ3n) is 7.84. The standard InChI is InChI=1S/C33H40N4O7/c1-18(2)14-25(37-32(41)26-16-22-23(35-26)10-7-11-28(22)43-5)31(40)36-24(15-21-12-13-34-30(21)39)27(38)17-44-33(42)29-19(3)8-6-9-20(29)4/h6-11,16,18,21,24-25,35H,12-15,17H2,1-5H3,(H,34,39)(H,36,40)(H,37,41). The number of Topliss-reactive ketones (excluding diaryl/α,β-unsaturated/α-hetero) is 1. The van der Waals surface area contributed by atoms with E-state index < -0.39 is 48.2 Å². The highest BCUT2D eigenvalue weighted by Gasteiger charge is 2.34. The Morgan fingerprint density at radius 1 is 1.00 bits per heavy atom. The maximum atomic E-state index is 13.6. The molecule has 1 aromatic heterocycles. The Balaban J connectivity index is 1.50. The van der Waals surface area contributed by atoms with Gasteiger partial charge in [-0.1, -0.05) is 38.1 Å². The van der Waals surface area contributed by atoms with Crippen molar-refractivity contribution in [2.24, 2.45) is 11.8 Å². The number of aromatic nitrogens is 1. The van der Waals surface area contributed by atoms with Gasteiger partial charge in [-0.25, -0.2) is 4.79 Å². The van der Waals surface area contributed by atoms with Crippen molar-refractivity contribution in [2.45, 2.75) is 59.0 Å². The Labute approximate surface area is 256 Å². The van der Waals surface area contributed by atoms with E-state index in [0.717, 1.165) is 16.5 Å². The molecule has 2 heterocycles. The number of carbonyl (C=O) groups excluding carboxylic acids is 5. The highest BCUT2D eigenvalue weighted by Crippen LogP contribution is 2.26. The summed E-state index contributed by atoms with van der Waals surface area (Å²) in [6, 6.07) is 10.4. The van der Waals surface area contributed by atoms with Crippen LogP contribution >= 0.6 is 0 Å². The maximum Gasteiger partial charge on any atom is 0.339 e. The number of rotatable bonds is 13. The predicted molar refractivity (Wildman–Crippen MR) is 164 cm³/mol. The summed E-state index contributed by atoms with van der Waals surface area (Å²) in [6.45, 7) is 7.29. The summed E-state index contributed by atoms with van der Waals surface area (Å²) in [5, 5.41) is 9.02. The van der Waals surface area contributed by atoms with Crippen LogP contribution in [0.5, 0.6) is 5.75 Å². The van der Waals surface area contributed by atoms with E-state index in [1.165, 1.54) is 0 Å². The molecule has 11 heteroatoms. The summed E-state index contributed by atoms with van der Waals surface area (Å²) in [4.78, 5) is 68.5. The molecule has 0 radical (unpaired) electrons. The van der Waals surface area contributed by atoms with Crippen molar-refractivity contribution in [3.8, 4) is 5.75 Å². The van der Waals surface area contributed by atoms with Crippen LogP contribution in [0, 0.1) is 25.7 Å². The molecule has 1 aliphatic rings. The van der Waals surface area contributed by atoms with Crippen LogP contribution in [-0.2, 0) is 19.1 Å². The Morgan fingerprint density at radius 2 is 1.70 bits per heavy atom. The van der Waals surface area contributed by atoms with Gasteiger partial charge in [-0.15, -0.1) is 0 Å². The number of carbonyl (C=O) groups is 5. The van der Waals surface area contributed by atoms with E-state index >= 15 is 0 Å². The number of fused-ring (bicyclic) bond motifs is 1. The second kappa shape index (κ2) is 14.2. The number of hydrogen-bond donors (Lipinski definition) is 4. The predicted octanol–water partition coefficient (Wildman–Crippen LogP) is 3.37. The Hall–Kier alpha value is -4.67. The highest BCUT2D eigenvalue weighted by molar-refractivity contribution is 6.02. The zero-order valence-corrected chi connectivity index (χ0v) is 25.7. The molecular formula is C33H40N4O7. The zero-order valence-electron chi connectivity index (χ0n) is 25.7. The van der Waals surface area contributed by atoms with Crippen molar-refractivity contribution in [1.82, 2.24) is 20.9 Å². The number of hydrogen-bond acceptors (Lipinski definition) is 7. The average Bonchev–Trinajstić information content (AvgIpc) is 3.60. The summed E-state index contributed by atoms with van der Waals surface area (Å²) in [5.41, 5.74) is 2.77. The minimum absolute atomic E-state index is 0.0296. The first-order valence-electron chi connectivity index (χ1n) is 14.8. The molecule has 3 unspecified atom stereocenters. The fourth-order valence-corrected chi connectivity index (χ4v) is 5.51. The number of aromatic amines is 1. The third-order valence-corrected chi connectivity index (χ3v) is 7.84. The normalized spacial score (nSPS) is 15.9. The van der Waals surface area contributed by atoms with Gasteiger partial charge in [-0.3, -0.25) is 19.2 Å². The molecule has 1 aliphatic heterocycles. The van der Waals surface area contributed by atoms with Gasteiger partial charge in [0.05, 0.1) is 18.7 Å². The summed E-state index contributed by atoms with van der Waals surface area (Å²) in [5.74, 6) is -2.31. The van der Waals surface area contributed by atoms with Crippen molar-refractivity contribution in [3.05, 3.63) is 64.8 Å². The van der Waals surface area contributed by atoms with Gasteiger partial charge in [0.15, 0.2) is 12.4 Å². The van der Waals surface area contributed by atoms with Gasteiger partial charge in [0.25, 0.3) is 5.91 Å². The van der Waals surface area contributed by atoms with Gasteiger partial charge in [0.1, 0.15) is 17.5 Å². The minimum Gasteiger partial charge on any atom is -0.496 e. The van der Waals surface area contributed by atoms with E-state index in [2.05, 4.69) is 20.9 Å². The van der Waals surface area contributed by atoms with Gasteiger partial charge in [-0.05, 0) is 68.4 Å². The van der Waals surface area contributed by atoms with E-state index in [-0.39, 0.29) is 23.9 Å². The maximum absolute atomic E-state index is 13.6. The molecule has 234 valence electrons. The van der Waals surface area contributed by atoms with E-state index in [1.54, 1.807) is 51.3 Å². The van der Waals surface area contributed by atoms with Crippen LogP contribution in [0.15, 0.2) is 42.5 Å². The molecule has 1 fully saturated rings. The summed E-state index contributed by atoms with van der Waals surface area (Å²) in [6.07, 6.45) is 0.853. The quantitative estimate of drug-likeness (QED) is 0.218. The minimum atomic E-state index is -1.11. The molecule has 44 heavy (non-hydrogen) atoms. The number of benzene rings is 2. The molecule has 0 aliphatic carbocycles. The van der Waals surface area contributed by atoms with Crippen molar-refractivity contribution in [1.29, 1.82) is 0 Å². The molecule has 3 aromatic rings. The Kier molecular flexibility index (Phi) is 10.4. The summed E-state index contributed by atoms with van der Waals surface area (Å²) in [7, 11) is 1.54. The largest absolute Gasteiger partial charge is 0.496 e. The molecule has 0 saturated carbocycles. The lowest BCUT2D eigenvalue weighted by Crippen LogP contribution is -2.53. The van der Waals surface area contributed by atoms with Gasteiger partial charge in [0, 0.05) is 23.4 Å². The summed E-state index contributed by atoms with van der Waals surface area (Å²) < 4.78 is 10.8. The molecule has 2 aromatic carbocycles. The molecular weight excluding hydrogens is 564 g/mol. The molecule has 0 bridgehead atoms. The van der Waals surface area contributed by atoms with Gasteiger partial charge in [0.2, 0.25) is 11.8 Å². The van der Waals surface area contributed by atoms with Gasteiger partial charge >= 0.3 is 5.97 Å². The fourth-order valence-electron chi connectivity index (χ4n) is 5.51. The number of methoxy groups -OCH3 is 1. The highest BCUT2D eigenvalue weighted by atomic mass is 16.5. The van der Waals surface area contributed by atoms with Gasteiger partial charge < -0.3 is 30.4 Å². The lowest BCUT2D eigenvalue weighted by Gasteiger charge is -2.25. The molecule has 4 rings (SSSR count). The van der Waals surface area contributed by atoms with E-state index in [4.69, 9.17) is 9.47 Å². The number of ketones is 1. The van der Waals surface area contributed by atoms with E-state index in [1.807, 2.05) is 26.0 Å².